The first-order valence-corrected chi connectivity index (χ1v) is 15.4. The Labute approximate surface area is 210 Å². The zero-order chi connectivity index (χ0) is 24.7. The molecule has 1 N–H and O–H groups in total. The van der Waals surface area contributed by atoms with Gasteiger partial charge in [0.15, 0.2) is 0 Å². The fourth-order valence-corrected chi connectivity index (χ4v) is 11.2. The maximum atomic E-state index is 13.7. The molecule has 0 amide bonds. The maximum Gasteiger partial charge on any atom is 0.237 e. The van der Waals surface area contributed by atoms with Crippen LogP contribution in [0.3, 0.4) is 0 Å². The van der Waals surface area contributed by atoms with Crippen molar-refractivity contribution in [3.05, 3.63) is 75.8 Å². The van der Waals surface area contributed by atoms with Crippen LogP contribution in [0.4, 0.5) is 0 Å². The van der Waals surface area contributed by atoms with E-state index in [9.17, 15) is 14.7 Å². The van der Waals surface area contributed by atoms with Crippen LogP contribution in [0.5, 0.6) is 0 Å². The molecule has 0 aliphatic heterocycles. The van der Waals surface area contributed by atoms with E-state index >= 15 is 0 Å². The molecule has 3 nitrogen and oxygen atoms in total. The smallest absolute Gasteiger partial charge is 0.237 e. The second-order valence-electron chi connectivity index (χ2n) is 9.37. The topological polar surface area (TPSA) is 54.4 Å². The fourth-order valence-electron chi connectivity index (χ4n) is 5.18. The molecule has 5 heteroatoms. The molecule has 34 heavy (non-hydrogen) atoms. The Bertz CT molecular complexity index is 1020. The van der Waals surface area contributed by atoms with Crippen LogP contribution in [0.2, 0.25) is 5.02 Å². The average molecular weight is 500 g/mol. The van der Waals surface area contributed by atoms with Gasteiger partial charge >= 0.3 is 0 Å². The van der Waals surface area contributed by atoms with Crippen molar-refractivity contribution in [2.45, 2.75) is 65.0 Å². The third-order valence-corrected chi connectivity index (χ3v) is 12.5. The van der Waals surface area contributed by atoms with Gasteiger partial charge in [-0.3, -0.25) is 9.59 Å². The van der Waals surface area contributed by atoms with Crippen molar-refractivity contribution in [2.24, 2.45) is 0 Å². The largest absolute Gasteiger partial charge is 0.507 e. The summed E-state index contributed by atoms with van der Waals surface area (Å²) >= 11 is 6.24. The minimum absolute atomic E-state index is 0.0194. The van der Waals surface area contributed by atoms with E-state index in [4.69, 9.17) is 11.6 Å². The van der Waals surface area contributed by atoms with Crippen molar-refractivity contribution in [2.75, 3.05) is 18.5 Å². The number of carbonyl (C=O) groups excluding carboxylic acids is 2. The molecule has 0 aromatic heterocycles. The van der Waals surface area contributed by atoms with Gasteiger partial charge in [0, 0.05) is 23.4 Å². The summed E-state index contributed by atoms with van der Waals surface area (Å²) in [7, 11) is -1.81. The number of halogens is 1. The van der Waals surface area contributed by atoms with Crippen LogP contribution < -0.4 is 0 Å². The van der Waals surface area contributed by atoms with Gasteiger partial charge in [0.2, 0.25) is 11.6 Å². The number of carbonyl (C=O) groups is 2. The molecular formula is C29H37ClO3P+. The van der Waals surface area contributed by atoms with Gasteiger partial charge < -0.3 is 5.11 Å². The lowest BCUT2D eigenvalue weighted by atomic mass is 9.85. The zero-order valence-corrected chi connectivity index (χ0v) is 22.3. The van der Waals surface area contributed by atoms with Crippen molar-refractivity contribution in [3.63, 3.8) is 0 Å². The number of allylic oxidation sites excluding steroid dienone is 1. The number of aliphatic hydroxyl groups is 1. The molecule has 1 atom stereocenters. The van der Waals surface area contributed by atoms with Crippen LogP contribution >= 0.6 is 18.9 Å². The molecule has 0 fully saturated rings. The number of fused-ring (bicyclic) bond motifs is 1. The second kappa shape index (κ2) is 12.1. The first kappa shape index (κ1) is 26.6. The van der Waals surface area contributed by atoms with Gasteiger partial charge in [0.05, 0.1) is 24.1 Å². The number of benzene rings is 2. The average Bonchev–Trinajstić information content (AvgIpc) is 2.86. The van der Waals surface area contributed by atoms with Gasteiger partial charge in [-0.25, -0.2) is 0 Å². The van der Waals surface area contributed by atoms with Crippen molar-refractivity contribution >= 4 is 36.2 Å². The molecule has 1 aliphatic carbocycles. The summed E-state index contributed by atoms with van der Waals surface area (Å²) in [6, 6.07) is 14.6. The maximum absolute atomic E-state index is 13.7. The van der Waals surface area contributed by atoms with Crippen molar-refractivity contribution in [1.29, 1.82) is 0 Å². The molecule has 0 saturated carbocycles. The van der Waals surface area contributed by atoms with Gasteiger partial charge in [0.1, 0.15) is 11.4 Å². The van der Waals surface area contributed by atoms with E-state index < -0.39 is 18.8 Å². The van der Waals surface area contributed by atoms with Crippen LogP contribution in [-0.4, -0.2) is 35.2 Å². The number of unbranched alkanes of at least 4 members (excludes halogenated alkanes) is 3. The molecule has 0 saturated heterocycles. The summed E-state index contributed by atoms with van der Waals surface area (Å²) in [6.45, 7) is 6.61. The third kappa shape index (κ3) is 5.47. The van der Waals surface area contributed by atoms with Crippen molar-refractivity contribution in [3.8, 4) is 0 Å². The number of ketones is 2. The molecular weight excluding hydrogens is 463 g/mol. The summed E-state index contributed by atoms with van der Waals surface area (Å²) in [4.78, 5) is 26.9. The third-order valence-electron chi connectivity index (χ3n) is 7.01. The lowest BCUT2D eigenvalue weighted by Gasteiger charge is -2.37. The van der Waals surface area contributed by atoms with Crippen LogP contribution in [0.15, 0.2) is 54.1 Å². The number of aliphatic hydroxyl groups excluding tert-OH is 1. The Balaban J connectivity index is 2.32. The van der Waals surface area contributed by atoms with Crippen molar-refractivity contribution < 1.29 is 14.7 Å². The lowest BCUT2D eigenvalue weighted by Crippen LogP contribution is -2.30. The van der Waals surface area contributed by atoms with Gasteiger partial charge in [-0.1, -0.05) is 88.0 Å². The minimum atomic E-state index is -1.81. The molecule has 1 unspecified atom stereocenters. The molecule has 182 valence electrons. The molecule has 2 aromatic rings. The van der Waals surface area contributed by atoms with Crippen LogP contribution in [0, 0.1) is 0 Å². The van der Waals surface area contributed by atoms with E-state index in [1.807, 2.05) is 24.3 Å². The van der Waals surface area contributed by atoms with Crippen molar-refractivity contribution in [1.82, 2.24) is 0 Å². The number of hydrogen-bond acceptors (Lipinski definition) is 3. The van der Waals surface area contributed by atoms with Gasteiger partial charge in [-0.15, -0.1) is 0 Å². The monoisotopic (exact) mass is 499 g/mol. The summed E-state index contributed by atoms with van der Waals surface area (Å²) in [5.74, 6) is -1.08. The predicted octanol–water partition coefficient (Wildman–Crippen LogP) is 8.53. The van der Waals surface area contributed by atoms with Gasteiger partial charge in [-0.2, -0.15) is 0 Å². The molecule has 0 bridgehead atoms. The van der Waals surface area contributed by atoms with Gasteiger partial charge in [0.25, 0.3) is 0 Å². The molecule has 1 aliphatic rings. The normalized spacial score (nSPS) is 14.9. The molecule has 2 aromatic carbocycles. The highest BCUT2D eigenvalue weighted by Crippen LogP contribution is 2.74. The number of hydrogen-bond donors (Lipinski definition) is 1. The quantitative estimate of drug-likeness (QED) is 0.235. The van der Waals surface area contributed by atoms with E-state index in [0.717, 1.165) is 62.6 Å². The molecule has 3 rings (SSSR count). The Morgan fingerprint density at radius 2 is 1.26 bits per heavy atom. The highest BCUT2D eigenvalue weighted by Gasteiger charge is 2.52. The first-order valence-electron chi connectivity index (χ1n) is 12.6. The Kier molecular flexibility index (Phi) is 9.51. The van der Waals surface area contributed by atoms with E-state index in [0.29, 0.717) is 21.7 Å². The Morgan fingerprint density at radius 3 is 1.76 bits per heavy atom. The number of Topliss-reactive ketones (excluding diaryl/α,β-unsaturated/α-hetero) is 2. The lowest BCUT2D eigenvalue weighted by molar-refractivity contribution is -0.112. The molecule has 0 heterocycles. The predicted molar refractivity (Wildman–Crippen MR) is 146 cm³/mol. The summed E-state index contributed by atoms with van der Waals surface area (Å²) < 4.78 is 0. The summed E-state index contributed by atoms with van der Waals surface area (Å²) in [6.07, 6.45) is 9.63. The highest BCUT2D eigenvalue weighted by atomic mass is 35.5. The fraction of sp³-hybridized carbons (Fsp3) is 0.448. The SMILES string of the molecule is CCCC[P+](CCCC)(CCCC)C(C1=C(O)c2ccccc2C(=O)C1=O)c1ccc(Cl)cc1. The minimum Gasteiger partial charge on any atom is -0.507 e. The van der Waals surface area contributed by atoms with Crippen LogP contribution in [-0.2, 0) is 4.79 Å². The summed E-state index contributed by atoms with van der Waals surface area (Å²) in [5, 5.41) is 12.2. The zero-order valence-electron chi connectivity index (χ0n) is 20.6. The molecule has 0 radical (unpaired) electrons. The van der Waals surface area contributed by atoms with E-state index in [2.05, 4.69) is 20.8 Å². The standard InChI is InChI=1S/C29H36ClO3P/c1-4-7-18-34(19-8-5-2,20-9-6-3)29(21-14-16-22(30)17-15-21)25-26(31)23-12-10-11-13-24(23)27(32)28(25)33/h10-17,29H,4-9,18-20H2,1-3H3/p+1. The van der Waals surface area contributed by atoms with E-state index in [-0.39, 0.29) is 11.4 Å². The summed E-state index contributed by atoms with van der Waals surface area (Å²) in [5.41, 5.74) is 1.80. The Hall–Kier alpha value is -1.96. The second-order valence-corrected chi connectivity index (χ2v) is 14.1. The highest BCUT2D eigenvalue weighted by molar-refractivity contribution is 7.76. The van der Waals surface area contributed by atoms with Gasteiger partial charge in [-0.05, 0) is 37.0 Å². The Morgan fingerprint density at radius 1 is 0.765 bits per heavy atom. The van der Waals surface area contributed by atoms with E-state index in [1.54, 1.807) is 24.3 Å². The molecule has 0 spiro atoms. The van der Waals surface area contributed by atoms with Crippen LogP contribution in [0.25, 0.3) is 5.76 Å². The van der Waals surface area contributed by atoms with E-state index in [1.165, 1.54) is 0 Å². The van der Waals surface area contributed by atoms with Crippen LogP contribution in [0.1, 0.15) is 86.4 Å². The number of rotatable bonds is 12. The first-order chi connectivity index (χ1) is 16.4.